The van der Waals surface area contributed by atoms with Crippen molar-refractivity contribution in [2.45, 2.75) is 18.9 Å². The quantitative estimate of drug-likeness (QED) is 0.386. The molecule has 8 heteroatoms. The molecule has 1 amide bonds. The minimum Gasteiger partial charge on any atom is -0.507 e. The van der Waals surface area contributed by atoms with Crippen LogP contribution in [0, 0.1) is 5.82 Å². The number of carbonyl (C=O) groups excluding carboxylic acids is 2. The molecular formula is C21H17BrFNO5. The van der Waals surface area contributed by atoms with Gasteiger partial charge >= 0.3 is 5.97 Å². The molecule has 1 heterocycles. The van der Waals surface area contributed by atoms with E-state index in [1.165, 1.54) is 29.2 Å². The van der Waals surface area contributed by atoms with Gasteiger partial charge in [0, 0.05) is 23.0 Å². The van der Waals surface area contributed by atoms with E-state index in [4.69, 9.17) is 5.11 Å². The van der Waals surface area contributed by atoms with Gasteiger partial charge in [-0.2, -0.15) is 0 Å². The second-order valence-electron chi connectivity index (χ2n) is 6.55. The molecule has 0 aromatic heterocycles. The van der Waals surface area contributed by atoms with Crippen molar-refractivity contribution in [1.82, 2.24) is 4.90 Å². The maximum absolute atomic E-state index is 13.4. The van der Waals surface area contributed by atoms with Crippen LogP contribution in [0.1, 0.15) is 30.0 Å². The molecule has 150 valence electrons. The van der Waals surface area contributed by atoms with Crippen molar-refractivity contribution in [3.8, 4) is 0 Å². The molecule has 0 aliphatic carbocycles. The number of Topliss-reactive ketones (excluding diaryl/α,β-unsaturated/α-hetero) is 1. The number of hydrogen-bond donors (Lipinski definition) is 2. The molecule has 1 unspecified atom stereocenters. The van der Waals surface area contributed by atoms with Gasteiger partial charge in [0.1, 0.15) is 11.6 Å². The number of carboxylic acid groups (broad SMARTS) is 1. The molecule has 1 fully saturated rings. The molecule has 3 rings (SSSR count). The summed E-state index contributed by atoms with van der Waals surface area (Å²) in [4.78, 5) is 37.4. The normalized spacial score (nSPS) is 18.3. The number of halogens is 2. The average molecular weight is 462 g/mol. The van der Waals surface area contributed by atoms with Crippen LogP contribution in [-0.4, -0.2) is 39.3 Å². The lowest BCUT2D eigenvalue weighted by Gasteiger charge is -2.25. The Balaban J connectivity index is 2.08. The molecule has 6 nitrogen and oxygen atoms in total. The zero-order valence-electron chi connectivity index (χ0n) is 15.1. The highest BCUT2D eigenvalue weighted by molar-refractivity contribution is 9.10. The van der Waals surface area contributed by atoms with Crippen LogP contribution in [0.25, 0.3) is 5.76 Å². The van der Waals surface area contributed by atoms with Gasteiger partial charge in [-0.05, 0) is 36.2 Å². The van der Waals surface area contributed by atoms with Crippen molar-refractivity contribution in [2.75, 3.05) is 6.54 Å². The van der Waals surface area contributed by atoms with E-state index < -0.39 is 29.5 Å². The number of likely N-dealkylation sites (tertiary alicyclic amines) is 1. The Labute approximate surface area is 174 Å². The number of aliphatic hydroxyl groups excluding tert-OH is 1. The first kappa shape index (κ1) is 20.7. The summed E-state index contributed by atoms with van der Waals surface area (Å²) in [6, 6.07) is 10.9. The van der Waals surface area contributed by atoms with E-state index in [1.807, 2.05) is 0 Å². The van der Waals surface area contributed by atoms with Crippen molar-refractivity contribution >= 4 is 39.3 Å². The van der Waals surface area contributed by atoms with Gasteiger partial charge in [0.25, 0.3) is 11.7 Å². The number of hydrogen-bond acceptors (Lipinski definition) is 4. The predicted molar refractivity (Wildman–Crippen MR) is 106 cm³/mol. The molecule has 0 spiro atoms. The van der Waals surface area contributed by atoms with E-state index in [1.54, 1.807) is 24.3 Å². The first-order chi connectivity index (χ1) is 13.8. The van der Waals surface area contributed by atoms with Crippen molar-refractivity contribution in [2.24, 2.45) is 0 Å². The maximum atomic E-state index is 13.4. The topological polar surface area (TPSA) is 94.9 Å². The molecule has 0 radical (unpaired) electrons. The lowest BCUT2D eigenvalue weighted by Crippen LogP contribution is -2.31. The standard InChI is InChI=1S/C21H17BrFNO5/c22-14-7-3-13(4-8-14)19(27)17-18(12-5-9-15(23)10-6-12)24(21(29)20(17)28)11-1-2-16(25)26/h3-10,18,27H,1-2,11H2,(H,25,26). The van der Waals surface area contributed by atoms with Crippen molar-refractivity contribution < 1.29 is 29.0 Å². The lowest BCUT2D eigenvalue weighted by atomic mass is 9.95. The van der Waals surface area contributed by atoms with Crippen LogP contribution in [0.3, 0.4) is 0 Å². The number of aliphatic hydroxyl groups is 1. The summed E-state index contributed by atoms with van der Waals surface area (Å²) in [5, 5.41) is 19.7. The second-order valence-corrected chi connectivity index (χ2v) is 7.46. The fraction of sp³-hybridized carbons (Fsp3) is 0.190. The minimum absolute atomic E-state index is 0.00995. The first-order valence-corrected chi connectivity index (χ1v) is 9.60. The summed E-state index contributed by atoms with van der Waals surface area (Å²) >= 11 is 3.29. The minimum atomic E-state index is -1.02. The molecule has 2 aromatic carbocycles. The fourth-order valence-corrected chi connectivity index (χ4v) is 3.53. The van der Waals surface area contributed by atoms with Gasteiger partial charge in [0.2, 0.25) is 0 Å². The largest absolute Gasteiger partial charge is 0.507 e. The zero-order valence-corrected chi connectivity index (χ0v) is 16.7. The Morgan fingerprint density at radius 1 is 1.03 bits per heavy atom. The monoisotopic (exact) mass is 461 g/mol. The smallest absolute Gasteiger partial charge is 0.303 e. The third kappa shape index (κ3) is 4.37. The van der Waals surface area contributed by atoms with Gasteiger partial charge in [0.15, 0.2) is 0 Å². The Morgan fingerprint density at radius 2 is 1.66 bits per heavy atom. The van der Waals surface area contributed by atoms with Crippen molar-refractivity contribution in [3.05, 3.63) is 75.5 Å². The third-order valence-corrected chi connectivity index (χ3v) is 5.16. The summed E-state index contributed by atoms with van der Waals surface area (Å²) < 4.78 is 14.2. The van der Waals surface area contributed by atoms with Gasteiger partial charge in [-0.15, -0.1) is 0 Å². The van der Waals surface area contributed by atoms with Crippen LogP contribution in [-0.2, 0) is 14.4 Å². The van der Waals surface area contributed by atoms with E-state index in [0.717, 1.165) is 4.47 Å². The number of rotatable bonds is 6. The van der Waals surface area contributed by atoms with E-state index >= 15 is 0 Å². The molecule has 2 aromatic rings. The summed E-state index contributed by atoms with van der Waals surface area (Å²) in [7, 11) is 0. The summed E-state index contributed by atoms with van der Waals surface area (Å²) in [6.07, 6.45) is -0.0375. The van der Waals surface area contributed by atoms with Crippen molar-refractivity contribution in [3.63, 3.8) is 0 Å². The first-order valence-electron chi connectivity index (χ1n) is 8.81. The Bertz CT molecular complexity index is 985. The number of aliphatic carboxylic acids is 1. The highest BCUT2D eigenvalue weighted by Gasteiger charge is 2.45. The van der Waals surface area contributed by atoms with Gasteiger partial charge in [-0.1, -0.05) is 40.2 Å². The van der Waals surface area contributed by atoms with Gasteiger partial charge in [0.05, 0.1) is 11.6 Å². The summed E-state index contributed by atoms with van der Waals surface area (Å²) in [5.41, 5.74) is 0.683. The van der Waals surface area contributed by atoms with Crippen molar-refractivity contribution in [1.29, 1.82) is 0 Å². The molecule has 1 saturated heterocycles. The van der Waals surface area contributed by atoms with Crippen LogP contribution < -0.4 is 0 Å². The molecule has 0 saturated carbocycles. The molecule has 1 aliphatic heterocycles. The number of ketones is 1. The number of carbonyl (C=O) groups is 3. The van der Waals surface area contributed by atoms with Crippen LogP contribution in [0.4, 0.5) is 4.39 Å². The van der Waals surface area contributed by atoms with Crippen LogP contribution in [0.2, 0.25) is 0 Å². The fourth-order valence-electron chi connectivity index (χ4n) is 3.27. The zero-order chi connectivity index (χ0) is 21.1. The second kappa shape index (κ2) is 8.57. The summed E-state index contributed by atoms with van der Waals surface area (Å²) in [6.45, 7) is 0.00995. The van der Waals surface area contributed by atoms with E-state index in [-0.39, 0.29) is 30.7 Å². The van der Waals surface area contributed by atoms with Gasteiger partial charge in [-0.3, -0.25) is 14.4 Å². The van der Waals surface area contributed by atoms with E-state index in [0.29, 0.717) is 11.1 Å². The van der Waals surface area contributed by atoms with Crippen LogP contribution >= 0.6 is 15.9 Å². The van der Waals surface area contributed by atoms with E-state index in [2.05, 4.69) is 15.9 Å². The van der Waals surface area contributed by atoms with E-state index in [9.17, 15) is 23.9 Å². The molecule has 1 aliphatic rings. The molecule has 1 atom stereocenters. The number of amides is 1. The SMILES string of the molecule is O=C(O)CCCN1C(=O)C(=O)C(=C(O)c2ccc(Br)cc2)C1c1ccc(F)cc1. The number of nitrogens with zero attached hydrogens (tertiary/aromatic N) is 1. The molecule has 2 N–H and O–H groups in total. The Kier molecular flexibility index (Phi) is 6.12. The lowest BCUT2D eigenvalue weighted by molar-refractivity contribution is -0.140. The van der Waals surface area contributed by atoms with Crippen LogP contribution in [0.15, 0.2) is 58.6 Å². The van der Waals surface area contributed by atoms with Gasteiger partial charge < -0.3 is 15.1 Å². The van der Waals surface area contributed by atoms with Crippen LogP contribution in [0.5, 0.6) is 0 Å². The average Bonchev–Trinajstić information content (AvgIpc) is 2.93. The number of carboxylic acids is 1. The Hall–Kier alpha value is -3.00. The Morgan fingerprint density at radius 3 is 2.24 bits per heavy atom. The molecule has 29 heavy (non-hydrogen) atoms. The maximum Gasteiger partial charge on any atom is 0.303 e. The summed E-state index contributed by atoms with van der Waals surface area (Å²) in [5.74, 6) is -3.54. The third-order valence-electron chi connectivity index (χ3n) is 4.63. The predicted octanol–water partition coefficient (Wildman–Crippen LogP) is 3.87. The molecular weight excluding hydrogens is 445 g/mol. The highest BCUT2D eigenvalue weighted by atomic mass is 79.9. The number of benzene rings is 2. The van der Waals surface area contributed by atoms with Gasteiger partial charge in [-0.25, -0.2) is 4.39 Å². The molecule has 0 bridgehead atoms. The highest BCUT2D eigenvalue weighted by Crippen LogP contribution is 2.39.